The first-order chi connectivity index (χ1) is 8.65. The van der Waals surface area contributed by atoms with Gasteiger partial charge < -0.3 is 9.84 Å². The van der Waals surface area contributed by atoms with Gasteiger partial charge in [0, 0.05) is 25.8 Å². The highest BCUT2D eigenvalue weighted by Gasteiger charge is 2.44. The average molecular weight is 252 g/mol. The topological polar surface area (TPSA) is 47.3 Å². The lowest BCUT2D eigenvalue weighted by molar-refractivity contribution is -0.149. The molecule has 1 heterocycles. The number of aliphatic hydroxyl groups excluding tert-OH is 1. The lowest BCUT2D eigenvalue weighted by Gasteiger charge is -2.44. The van der Waals surface area contributed by atoms with Crippen LogP contribution in [-0.2, 0) is 24.1 Å². The van der Waals surface area contributed by atoms with Crippen LogP contribution in [0.4, 0.5) is 0 Å². The van der Waals surface area contributed by atoms with E-state index >= 15 is 0 Å². The van der Waals surface area contributed by atoms with E-state index in [1.807, 2.05) is 4.68 Å². The highest BCUT2D eigenvalue weighted by Crippen LogP contribution is 2.39. The van der Waals surface area contributed by atoms with Crippen molar-refractivity contribution in [3.8, 4) is 0 Å². The number of ether oxygens (including phenoxy) is 1. The Balaban J connectivity index is 2.10. The molecule has 0 radical (unpaired) electrons. The second kappa shape index (κ2) is 5.41. The van der Waals surface area contributed by atoms with Gasteiger partial charge in [-0.3, -0.25) is 4.68 Å². The summed E-state index contributed by atoms with van der Waals surface area (Å²) in [4.78, 5) is 0. The Labute approximate surface area is 109 Å². The van der Waals surface area contributed by atoms with E-state index in [0.717, 1.165) is 43.6 Å². The number of rotatable bonds is 6. The van der Waals surface area contributed by atoms with Gasteiger partial charge in [-0.1, -0.05) is 6.92 Å². The SMILES string of the molecule is CCc1cc(CC(O)C2(OC)CCC2)n(CC)n1. The van der Waals surface area contributed by atoms with Crippen LogP contribution in [0.2, 0.25) is 0 Å². The fourth-order valence-electron chi connectivity index (χ4n) is 2.71. The molecule has 0 amide bonds. The number of aromatic nitrogens is 2. The van der Waals surface area contributed by atoms with Crippen LogP contribution in [0.25, 0.3) is 0 Å². The standard InChI is InChI=1S/C14H24N2O2/c1-4-11-9-12(16(5-2)15-11)10-13(17)14(18-3)7-6-8-14/h9,13,17H,4-8,10H2,1-3H3. The molecule has 102 valence electrons. The molecule has 1 aliphatic rings. The Hall–Kier alpha value is -0.870. The number of methoxy groups -OCH3 is 1. The number of hydrogen-bond acceptors (Lipinski definition) is 3. The Morgan fingerprint density at radius 3 is 2.67 bits per heavy atom. The predicted octanol–water partition coefficient (Wildman–Crippen LogP) is 1.94. The van der Waals surface area contributed by atoms with E-state index < -0.39 is 6.10 Å². The molecule has 2 rings (SSSR count). The van der Waals surface area contributed by atoms with E-state index in [2.05, 4.69) is 25.0 Å². The molecular formula is C14H24N2O2. The molecule has 1 saturated carbocycles. The van der Waals surface area contributed by atoms with Crippen LogP contribution in [0, 0.1) is 0 Å². The second-order valence-corrected chi connectivity index (χ2v) is 5.14. The van der Waals surface area contributed by atoms with Gasteiger partial charge in [0.15, 0.2) is 0 Å². The molecule has 1 aromatic heterocycles. The van der Waals surface area contributed by atoms with Crippen LogP contribution in [0.1, 0.15) is 44.5 Å². The summed E-state index contributed by atoms with van der Waals surface area (Å²) in [5, 5.41) is 14.9. The van der Waals surface area contributed by atoms with Gasteiger partial charge in [0.05, 0.1) is 17.4 Å². The lowest BCUT2D eigenvalue weighted by atomic mass is 9.74. The number of hydrogen-bond donors (Lipinski definition) is 1. The third-order valence-electron chi connectivity index (χ3n) is 4.19. The summed E-state index contributed by atoms with van der Waals surface area (Å²) in [6.07, 6.45) is 4.22. The number of aliphatic hydroxyl groups is 1. The maximum atomic E-state index is 10.4. The van der Waals surface area contributed by atoms with Gasteiger partial charge in [-0.25, -0.2) is 0 Å². The van der Waals surface area contributed by atoms with Crippen LogP contribution in [0.15, 0.2) is 6.07 Å². The quantitative estimate of drug-likeness (QED) is 0.841. The summed E-state index contributed by atoms with van der Waals surface area (Å²) >= 11 is 0. The fraction of sp³-hybridized carbons (Fsp3) is 0.786. The molecule has 0 aromatic carbocycles. The van der Waals surface area contributed by atoms with Crippen molar-refractivity contribution in [3.63, 3.8) is 0 Å². The normalized spacial score (nSPS) is 19.6. The van der Waals surface area contributed by atoms with E-state index in [4.69, 9.17) is 4.74 Å². The molecule has 0 bridgehead atoms. The van der Waals surface area contributed by atoms with Crippen molar-refractivity contribution in [2.75, 3.05) is 7.11 Å². The van der Waals surface area contributed by atoms with Crippen LogP contribution in [-0.4, -0.2) is 33.7 Å². The average Bonchev–Trinajstić information content (AvgIpc) is 2.70. The van der Waals surface area contributed by atoms with Crippen LogP contribution in [0.3, 0.4) is 0 Å². The zero-order chi connectivity index (χ0) is 13.2. The fourth-order valence-corrected chi connectivity index (χ4v) is 2.71. The van der Waals surface area contributed by atoms with Crippen molar-refractivity contribution < 1.29 is 9.84 Å². The van der Waals surface area contributed by atoms with Gasteiger partial charge in [0.1, 0.15) is 0 Å². The molecule has 1 atom stereocenters. The number of aryl methyl sites for hydroxylation is 2. The summed E-state index contributed by atoms with van der Waals surface area (Å²) in [5.41, 5.74) is 1.90. The smallest absolute Gasteiger partial charge is 0.0940 e. The minimum atomic E-state index is -0.428. The van der Waals surface area contributed by atoms with Gasteiger partial charge in [-0.15, -0.1) is 0 Å². The molecule has 4 heteroatoms. The Morgan fingerprint density at radius 1 is 1.50 bits per heavy atom. The van der Waals surface area contributed by atoms with Crippen LogP contribution in [0.5, 0.6) is 0 Å². The van der Waals surface area contributed by atoms with E-state index in [1.54, 1.807) is 7.11 Å². The summed E-state index contributed by atoms with van der Waals surface area (Å²) < 4.78 is 7.52. The third kappa shape index (κ3) is 2.31. The molecule has 0 saturated heterocycles. The van der Waals surface area contributed by atoms with Gasteiger partial charge in [-0.2, -0.15) is 5.10 Å². The minimum absolute atomic E-state index is 0.310. The van der Waals surface area contributed by atoms with Crippen molar-refractivity contribution >= 4 is 0 Å². The Kier molecular flexibility index (Phi) is 4.07. The zero-order valence-electron chi connectivity index (χ0n) is 11.6. The molecule has 4 nitrogen and oxygen atoms in total. The first-order valence-corrected chi connectivity index (χ1v) is 6.94. The van der Waals surface area contributed by atoms with Crippen molar-refractivity contribution in [2.24, 2.45) is 0 Å². The predicted molar refractivity (Wildman–Crippen MR) is 70.6 cm³/mol. The highest BCUT2D eigenvalue weighted by atomic mass is 16.5. The van der Waals surface area contributed by atoms with Crippen molar-refractivity contribution in [2.45, 2.75) is 64.2 Å². The van der Waals surface area contributed by atoms with E-state index in [0.29, 0.717) is 6.42 Å². The van der Waals surface area contributed by atoms with Crippen LogP contribution < -0.4 is 0 Å². The van der Waals surface area contributed by atoms with Gasteiger partial charge in [0.25, 0.3) is 0 Å². The molecule has 1 fully saturated rings. The van der Waals surface area contributed by atoms with Crippen molar-refractivity contribution in [1.29, 1.82) is 0 Å². The van der Waals surface area contributed by atoms with Gasteiger partial charge in [0.2, 0.25) is 0 Å². The summed E-state index contributed by atoms with van der Waals surface area (Å²) in [5.74, 6) is 0. The second-order valence-electron chi connectivity index (χ2n) is 5.14. The number of nitrogens with zero attached hydrogens (tertiary/aromatic N) is 2. The molecule has 1 unspecified atom stereocenters. The van der Waals surface area contributed by atoms with E-state index in [9.17, 15) is 5.11 Å². The van der Waals surface area contributed by atoms with Crippen LogP contribution >= 0.6 is 0 Å². The Morgan fingerprint density at radius 2 is 2.22 bits per heavy atom. The highest BCUT2D eigenvalue weighted by molar-refractivity contribution is 5.13. The maximum absolute atomic E-state index is 10.4. The first kappa shape index (κ1) is 13.6. The molecule has 0 spiro atoms. The van der Waals surface area contributed by atoms with E-state index in [1.165, 1.54) is 0 Å². The Bertz CT molecular complexity index is 391. The molecule has 1 aromatic rings. The molecule has 0 aliphatic heterocycles. The lowest BCUT2D eigenvalue weighted by Crippen LogP contribution is -2.51. The zero-order valence-corrected chi connectivity index (χ0v) is 11.6. The maximum Gasteiger partial charge on any atom is 0.0940 e. The summed E-state index contributed by atoms with van der Waals surface area (Å²) in [7, 11) is 1.71. The van der Waals surface area contributed by atoms with Gasteiger partial charge >= 0.3 is 0 Å². The summed E-state index contributed by atoms with van der Waals surface area (Å²) in [6.45, 7) is 5.03. The van der Waals surface area contributed by atoms with Crippen molar-refractivity contribution in [3.05, 3.63) is 17.5 Å². The van der Waals surface area contributed by atoms with Crippen molar-refractivity contribution in [1.82, 2.24) is 9.78 Å². The molecule has 1 aliphatic carbocycles. The first-order valence-electron chi connectivity index (χ1n) is 6.94. The molecular weight excluding hydrogens is 228 g/mol. The minimum Gasteiger partial charge on any atom is -0.390 e. The molecule has 1 N–H and O–H groups in total. The third-order valence-corrected chi connectivity index (χ3v) is 4.19. The summed E-state index contributed by atoms with van der Waals surface area (Å²) in [6, 6.07) is 2.11. The van der Waals surface area contributed by atoms with E-state index in [-0.39, 0.29) is 5.60 Å². The molecule has 18 heavy (non-hydrogen) atoms. The monoisotopic (exact) mass is 252 g/mol. The van der Waals surface area contributed by atoms with Gasteiger partial charge in [-0.05, 0) is 38.7 Å². The largest absolute Gasteiger partial charge is 0.390 e.